The van der Waals surface area contributed by atoms with Gasteiger partial charge in [0, 0.05) is 32.8 Å². The van der Waals surface area contributed by atoms with Crippen LogP contribution < -0.4 is 0 Å². The summed E-state index contributed by atoms with van der Waals surface area (Å²) in [6.07, 6.45) is 6.21. The Morgan fingerprint density at radius 1 is 1.36 bits per heavy atom. The monoisotopic (exact) mass is 346 g/mol. The van der Waals surface area contributed by atoms with Crippen LogP contribution in [0.1, 0.15) is 47.1 Å². The van der Waals surface area contributed by atoms with Crippen LogP contribution in [0.15, 0.2) is 12.4 Å². The fourth-order valence-corrected chi connectivity index (χ4v) is 3.24. The molecular weight excluding hydrogens is 324 g/mol. The first-order chi connectivity index (χ1) is 11.9. The van der Waals surface area contributed by atoms with E-state index in [1.807, 2.05) is 25.1 Å². The van der Waals surface area contributed by atoms with Gasteiger partial charge in [0.25, 0.3) is 0 Å². The summed E-state index contributed by atoms with van der Waals surface area (Å²) in [6, 6.07) is -0.0292. The number of piperidine rings is 1. The molecule has 9 heteroatoms. The van der Waals surface area contributed by atoms with E-state index < -0.39 is 5.97 Å². The average molecular weight is 346 g/mol. The van der Waals surface area contributed by atoms with E-state index in [2.05, 4.69) is 15.4 Å². The number of carboxylic acid groups (broad SMARTS) is 1. The van der Waals surface area contributed by atoms with Crippen molar-refractivity contribution in [3.63, 3.8) is 0 Å². The highest BCUT2D eigenvalue weighted by Gasteiger charge is 2.26. The smallest absolute Gasteiger partial charge is 0.358 e. The van der Waals surface area contributed by atoms with Gasteiger partial charge in [-0.2, -0.15) is 5.10 Å². The van der Waals surface area contributed by atoms with Crippen molar-refractivity contribution in [1.82, 2.24) is 29.7 Å². The maximum absolute atomic E-state index is 12.5. The van der Waals surface area contributed by atoms with E-state index in [9.17, 15) is 9.59 Å². The summed E-state index contributed by atoms with van der Waals surface area (Å²) in [5, 5.41) is 20.8. The fraction of sp³-hybridized carbons (Fsp3) is 0.562. The van der Waals surface area contributed by atoms with E-state index >= 15 is 0 Å². The van der Waals surface area contributed by atoms with Gasteiger partial charge in [-0.25, -0.2) is 9.48 Å². The molecule has 3 heterocycles. The molecule has 2 aromatic rings. The molecule has 3 rings (SSSR count). The van der Waals surface area contributed by atoms with Crippen LogP contribution in [0.5, 0.6) is 0 Å². The molecule has 9 nitrogen and oxygen atoms in total. The number of rotatable bonds is 5. The fourth-order valence-electron chi connectivity index (χ4n) is 3.24. The van der Waals surface area contributed by atoms with Crippen LogP contribution in [-0.2, 0) is 18.3 Å². The van der Waals surface area contributed by atoms with Gasteiger partial charge in [0.05, 0.1) is 17.9 Å². The van der Waals surface area contributed by atoms with Gasteiger partial charge in [-0.05, 0) is 31.7 Å². The number of carbonyl (C=O) groups excluding carboxylic acids is 1. The summed E-state index contributed by atoms with van der Waals surface area (Å²) in [6.45, 7) is 3.20. The van der Waals surface area contributed by atoms with Crippen molar-refractivity contribution < 1.29 is 14.7 Å². The van der Waals surface area contributed by atoms with Gasteiger partial charge in [0.15, 0.2) is 5.69 Å². The van der Waals surface area contributed by atoms with Crippen LogP contribution in [0, 0.1) is 6.92 Å². The molecule has 0 spiro atoms. The normalized spacial score (nSPS) is 17.7. The molecule has 1 N–H and O–H groups in total. The molecule has 1 amide bonds. The lowest BCUT2D eigenvalue weighted by Gasteiger charge is -2.32. The maximum atomic E-state index is 12.5. The van der Waals surface area contributed by atoms with Crippen LogP contribution in [0.4, 0.5) is 0 Å². The van der Waals surface area contributed by atoms with Gasteiger partial charge >= 0.3 is 5.97 Å². The second kappa shape index (κ2) is 7.04. The first kappa shape index (κ1) is 17.1. The van der Waals surface area contributed by atoms with E-state index in [0.717, 1.165) is 30.6 Å². The van der Waals surface area contributed by atoms with Gasteiger partial charge in [-0.3, -0.25) is 9.48 Å². The first-order valence-electron chi connectivity index (χ1n) is 8.36. The van der Waals surface area contributed by atoms with Crippen LogP contribution in [0.2, 0.25) is 0 Å². The summed E-state index contributed by atoms with van der Waals surface area (Å²) in [5.41, 5.74) is 1.97. The SMILES string of the molecule is Cc1nn(C)cc1CCC(=O)N1CCCC(n2cc(C(=O)O)nn2)C1. The first-order valence-corrected chi connectivity index (χ1v) is 8.36. The average Bonchev–Trinajstić information content (AvgIpc) is 3.19. The summed E-state index contributed by atoms with van der Waals surface area (Å²) >= 11 is 0. The number of hydrogen-bond donors (Lipinski definition) is 1. The Hall–Kier alpha value is -2.71. The van der Waals surface area contributed by atoms with Crippen molar-refractivity contribution in [3.8, 4) is 0 Å². The molecule has 1 unspecified atom stereocenters. The molecule has 0 radical (unpaired) electrons. The Morgan fingerprint density at radius 3 is 2.80 bits per heavy atom. The predicted octanol–water partition coefficient (Wildman–Crippen LogP) is 0.815. The molecule has 2 aromatic heterocycles. The molecule has 0 bridgehead atoms. The second-order valence-electron chi connectivity index (χ2n) is 6.44. The minimum absolute atomic E-state index is 0.0292. The number of amides is 1. The van der Waals surface area contributed by atoms with Crippen molar-refractivity contribution >= 4 is 11.9 Å². The number of carbonyl (C=O) groups is 2. The van der Waals surface area contributed by atoms with Crippen molar-refractivity contribution in [1.29, 1.82) is 0 Å². The Bertz CT molecular complexity index is 781. The zero-order valence-electron chi connectivity index (χ0n) is 14.4. The number of nitrogens with zero attached hydrogens (tertiary/aromatic N) is 6. The number of aromatic carboxylic acids is 1. The van der Waals surface area contributed by atoms with Crippen LogP contribution >= 0.6 is 0 Å². The predicted molar refractivity (Wildman–Crippen MR) is 88.1 cm³/mol. The number of aromatic nitrogens is 5. The summed E-state index contributed by atoms with van der Waals surface area (Å²) in [5.74, 6) is -0.992. The summed E-state index contributed by atoms with van der Waals surface area (Å²) < 4.78 is 3.32. The Kier molecular flexibility index (Phi) is 4.82. The molecule has 0 aromatic carbocycles. The quantitative estimate of drug-likeness (QED) is 0.859. The lowest BCUT2D eigenvalue weighted by Crippen LogP contribution is -2.41. The molecule has 1 atom stereocenters. The number of likely N-dealkylation sites (tertiary alicyclic amines) is 1. The van der Waals surface area contributed by atoms with E-state index in [-0.39, 0.29) is 17.6 Å². The van der Waals surface area contributed by atoms with Crippen LogP contribution in [-0.4, -0.2) is 59.7 Å². The van der Waals surface area contributed by atoms with Crippen LogP contribution in [0.3, 0.4) is 0 Å². The number of aryl methyl sites for hydroxylation is 3. The molecule has 1 saturated heterocycles. The Morgan fingerprint density at radius 2 is 2.16 bits per heavy atom. The molecule has 1 aliphatic rings. The number of carboxylic acids is 1. The Balaban J connectivity index is 1.59. The second-order valence-corrected chi connectivity index (χ2v) is 6.44. The highest BCUT2D eigenvalue weighted by atomic mass is 16.4. The van der Waals surface area contributed by atoms with E-state index in [0.29, 0.717) is 19.4 Å². The summed E-state index contributed by atoms with van der Waals surface area (Å²) in [4.78, 5) is 25.3. The maximum Gasteiger partial charge on any atom is 0.358 e. The van der Waals surface area contributed by atoms with Crippen molar-refractivity contribution in [2.45, 2.75) is 38.6 Å². The molecule has 1 aliphatic heterocycles. The van der Waals surface area contributed by atoms with E-state index in [1.54, 1.807) is 9.36 Å². The van der Waals surface area contributed by atoms with E-state index in [4.69, 9.17) is 5.11 Å². The standard InChI is InChI=1S/C16H22N6O3/c1-11-12(8-20(2)18-11)5-6-15(23)21-7-3-4-13(9-21)22-10-14(16(24)25)17-19-22/h8,10,13H,3-7,9H2,1-2H3,(H,24,25). The molecule has 25 heavy (non-hydrogen) atoms. The van der Waals surface area contributed by atoms with Crippen LogP contribution in [0.25, 0.3) is 0 Å². The minimum Gasteiger partial charge on any atom is -0.476 e. The van der Waals surface area contributed by atoms with E-state index in [1.165, 1.54) is 6.20 Å². The Labute approximate surface area is 145 Å². The largest absolute Gasteiger partial charge is 0.476 e. The highest BCUT2D eigenvalue weighted by Crippen LogP contribution is 2.22. The van der Waals surface area contributed by atoms with Crippen molar-refractivity contribution in [3.05, 3.63) is 29.3 Å². The topological polar surface area (TPSA) is 106 Å². The summed E-state index contributed by atoms with van der Waals surface area (Å²) in [7, 11) is 1.87. The molecule has 0 saturated carbocycles. The third kappa shape index (κ3) is 3.86. The lowest BCUT2D eigenvalue weighted by molar-refractivity contribution is -0.132. The van der Waals surface area contributed by atoms with Gasteiger partial charge in [0.2, 0.25) is 5.91 Å². The van der Waals surface area contributed by atoms with Crippen molar-refractivity contribution in [2.75, 3.05) is 13.1 Å². The zero-order valence-corrected chi connectivity index (χ0v) is 14.4. The molecule has 1 fully saturated rings. The number of hydrogen-bond acceptors (Lipinski definition) is 5. The third-order valence-corrected chi connectivity index (χ3v) is 4.58. The highest BCUT2D eigenvalue weighted by molar-refractivity contribution is 5.84. The van der Waals surface area contributed by atoms with Crippen molar-refractivity contribution in [2.24, 2.45) is 7.05 Å². The van der Waals surface area contributed by atoms with Gasteiger partial charge < -0.3 is 10.0 Å². The lowest BCUT2D eigenvalue weighted by atomic mass is 10.0. The van der Waals surface area contributed by atoms with Gasteiger partial charge in [-0.1, -0.05) is 5.21 Å². The molecule has 134 valence electrons. The molecular formula is C16H22N6O3. The zero-order chi connectivity index (χ0) is 18.0. The molecule has 0 aliphatic carbocycles. The third-order valence-electron chi connectivity index (χ3n) is 4.58. The van der Waals surface area contributed by atoms with Gasteiger partial charge in [-0.15, -0.1) is 5.10 Å². The van der Waals surface area contributed by atoms with Gasteiger partial charge in [0.1, 0.15) is 0 Å². The minimum atomic E-state index is -1.10.